The zero-order valence-electron chi connectivity index (χ0n) is 19.0. The molecule has 0 bridgehead atoms. The molecule has 0 fully saturated rings. The van der Waals surface area contributed by atoms with Crippen molar-refractivity contribution in [3.05, 3.63) is 93.8 Å². The SMILES string of the molecule is CCc1ccccc1NC1=C(Sc2nc(C)cc(C)n2)C(=O)N(CCc2ccccc2)C1=O. The van der Waals surface area contributed by atoms with Crippen molar-refractivity contribution in [3.8, 4) is 0 Å². The number of thioether (sulfide) groups is 1. The third-order valence-corrected chi connectivity index (χ3v) is 6.35. The number of anilines is 1. The molecule has 168 valence electrons. The highest BCUT2D eigenvalue weighted by atomic mass is 32.2. The number of benzene rings is 2. The number of aryl methyl sites for hydroxylation is 3. The van der Waals surface area contributed by atoms with Crippen LogP contribution in [-0.2, 0) is 22.4 Å². The monoisotopic (exact) mass is 458 g/mol. The maximum Gasteiger partial charge on any atom is 0.278 e. The maximum absolute atomic E-state index is 13.4. The van der Waals surface area contributed by atoms with E-state index in [0.717, 1.165) is 46.4 Å². The first kappa shape index (κ1) is 22.7. The molecule has 1 aliphatic heterocycles. The molecule has 0 aliphatic carbocycles. The molecule has 1 N–H and O–H groups in total. The van der Waals surface area contributed by atoms with Gasteiger partial charge in [-0.3, -0.25) is 14.5 Å². The molecule has 7 heteroatoms. The Hall–Kier alpha value is -3.45. The summed E-state index contributed by atoms with van der Waals surface area (Å²) in [7, 11) is 0. The normalized spacial score (nSPS) is 13.7. The maximum atomic E-state index is 13.4. The molecule has 4 rings (SSSR count). The number of hydrogen-bond donors (Lipinski definition) is 1. The lowest BCUT2D eigenvalue weighted by Crippen LogP contribution is -2.34. The number of imide groups is 1. The Morgan fingerprint density at radius 1 is 0.909 bits per heavy atom. The van der Waals surface area contributed by atoms with Gasteiger partial charge in [0.15, 0.2) is 5.16 Å². The van der Waals surface area contributed by atoms with E-state index in [4.69, 9.17) is 0 Å². The van der Waals surface area contributed by atoms with E-state index < -0.39 is 0 Å². The summed E-state index contributed by atoms with van der Waals surface area (Å²) in [5.74, 6) is -0.645. The summed E-state index contributed by atoms with van der Waals surface area (Å²) >= 11 is 1.14. The van der Waals surface area contributed by atoms with E-state index in [9.17, 15) is 9.59 Å². The summed E-state index contributed by atoms with van der Waals surface area (Å²) < 4.78 is 0. The number of rotatable bonds is 8. The fourth-order valence-electron chi connectivity index (χ4n) is 3.76. The van der Waals surface area contributed by atoms with E-state index in [1.807, 2.05) is 74.5 Å². The third-order valence-electron chi connectivity index (χ3n) is 5.41. The van der Waals surface area contributed by atoms with Gasteiger partial charge >= 0.3 is 0 Å². The predicted molar refractivity (Wildman–Crippen MR) is 131 cm³/mol. The number of nitrogens with one attached hydrogen (secondary N) is 1. The Labute approximate surface area is 198 Å². The summed E-state index contributed by atoms with van der Waals surface area (Å²) in [6, 6.07) is 19.5. The number of nitrogens with zero attached hydrogens (tertiary/aromatic N) is 3. The quantitative estimate of drug-likeness (QED) is 0.390. The van der Waals surface area contributed by atoms with Gasteiger partial charge in [0.25, 0.3) is 11.8 Å². The second-order valence-electron chi connectivity index (χ2n) is 7.87. The second kappa shape index (κ2) is 10.0. The van der Waals surface area contributed by atoms with Crippen LogP contribution in [0.5, 0.6) is 0 Å². The molecule has 1 aliphatic rings. The van der Waals surface area contributed by atoms with Gasteiger partial charge in [0.1, 0.15) is 10.6 Å². The first-order chi connectivity index (χ1) is 16.0. The summed E-state index contributed by atoms with van der Waals surface area (Å²) in [6.45, 7) is 6.14. The lowest BCUT2D eigenvalue weighted by atomic mass is 10.1. The van der Waals surface area contributed by atoms with Crippen LogP contribution in [0, 0.1) is 13.8 Å². The van der Waals surface area contributed by atoms with Crippen LogP contribution in [0.4, 0.5) is 5.69 Å². The number of aromatic nitrogens is 2. The molecule has 0 saturated heterocycles. The summed E-state index contributed by atoms with van der Waals surface area (Å²) in [5, 5.41) is 3.71. The molecule has 1 aromatic heterocycles. The first-order valence-corrected chi connectivity index (χ1v) is 11.8. The van der Waals surface area contributed by atoms with Crippen molar-refractivity contribution < 1.29 is 9.59 Å². The largest absolute Gasteiger partial charge is 0.350 e. The van der Waals surface area contributed by atoms with Crippen molar-refractivity contribution in [2.24, 2.45) is 0 Å². The van der Waals surface area contributed by atoms with E-state index in [1.54, 1.807) is 0 Å². The predicted octanol–water partition coefficient (Wildman–Crippen LogP) is 4.68. The van der Waals surface area contributed by atoms with Gasteiger partial charge in [-0.2, -0.15) is 0 Å². The minimum absolute atomic E-state index is 0.279. The van der Waals surface area contributed by atoms with Gasteiger partial charge in [-0.25, -0.2) is 9.97 Å². The Kier molecular flexibility index (Phi) is 6.89. The number of para-hydroxylation sites is 1. The number of amides is 2. The summed E-state index contributed by atoms with van der Waals surface area (Å²) in [4.78, 5) is 37.4. The zero-order chi connectivity index (χ0) is 23.4. The fraction of sp³-hybridized carbons (Fsp3) is 0.231. The van der Waals surface area contributed by atoms with Crippen LogP contribution < -0.4 is 5.32 Å². The van der Waals surface area contributed by atoms with E-state index in [2.05, 4.69) is 22.2 Å². The standard InChI is InChI=1S/C26H26N4O2S/c1-4-20-12-8-9-13-21(20)29-22-23(33-26-27-17(2)16-18(3)28-26)25(32)30(24(22)31)15-14-19-10-6-5-7-11-19/h5-13,16,29H,4,14-15H2,1-3H3. The van der Waals surface area contributed by atoms with Crippen LogP contribution in [0.2, 0.25) is 0 Å². The molecular weight excluding hydrogens is 432 g/mol. The highest BCUT2D eigenvalue weighted by Crippen LogP contribution is 2.35. The molecule has 0 spiro atoms. The molecule has 2 aromatic carbocycles. The van der Waals surface area contributed by atoms with Crippen LogP contribution in [0.15, 0.2) is 76.4 Å². The van der Waals surface area contributed by atoms with Crippen molar-refractivity contribution in [1.29, 1.82) is 0 Å². The van der Waals surface area contributed by atoms with Crippen LogP contribution in [0.25, 0.3) is 0 Å². The minimum atomic E-state index is -0.325. The third kappa shape index (κ3) is 5.14. The lowest BCUT2D eigenvalue weighted by Gasteiger charge is -2.16. The van der Waals surface area contributed by atoms with Crippen molar-refractivity contribution in [2.75, 3.05) is 11.9 Å². The molecule has 0 unspecified atom stereocenters. The highest BCUT2D eigenvalue weighted by Gasteiger charge is 2.39. The van der Waals surface area contributed by atoms with Crippen molar-refractivity contribution in [2.45, 2.75) is 38.8 Å². The Morgan fingerprint density at radius 2 is 1.58 bits per heavy atom. The Bertz CT molecular complexity index is 1200. The van der Waals surface area contributed by atoms with Gasteiger partial charge in [0.2, 0.25) is 0 Å². The van der Waals surface area contributed by atoms with E-state index in [-0.39, 0.29) is 17.5 Å². The smallest absolute Gasteiger partial charge is 0.278 e. The van der Waals surface area contributed by atoms with Gasteiger partial charge in [0, 0.05) is 23.6 Å². The van der Waals surface area contributed by atoms with Crippen LogP contribution in [-0.4, -0.2) is 33.2 Å². The molecule has 6 nitrogen and oxygen atoms in total. The lowest BCUT2D eigenvalue weighted by molar-refractivity contribution is -0.137. The molecule has 0 radical (unpaired) electrons. The van der Waals surface area contributed by atoms with E-state index >= 15 is 0 Å². The molecule has 0 atom stereocenters. The molecule has 2 amide bonds. The fourth-order valence-corrected chi connectivity index (χ4v) is 4.76. The van der Waals surface area contributed by atoms with E-state index in [1.165, 1.54) is 4.90 Å². The summed E-state index contributed by atoms with van der Waals surface area (Å²) in [6.07, 6.45) is 1.40. The summed E-state index contributed by atoms with van der Waals surface area (Å²) in [5.41, 5.74) is 4.87. The van der Waals surface area contributed by atoms with Crippen molar-refractivity contribution >= 4 is 29.3 Å². The van der Waals surface area contributed by atoms with Gasteiger partial charge in [0.05, 0.1) is 0 Å². The van der Waals surface area contributed by atoms with E-state index in [0.29, 0.717) is 23.0 Å². The average Bonchev–Trinajstić information content (AvgIpc) is 3.02. The average molecular weight is 459 g/mol. The molecular formula is C26H26N4O2S. The van der Waals surface area contributed by atoms with Crippen molar-refractivity contribution in [3.63, 3.8) is 0 Å². The first-order valence-electron chi connectivity index (χ1n) is 11.0. The minimum Gasteiger partial charge on any atom is -0.350 e. The zero-order valence-corrected chi connectivity index (χ0v) is 19.8. The Morgan fingerprint density at radius 3 is 2.27 bits per heavy atom. The molecule has 2 heterocycles. The van der Waals surface area contributed by atoms with Crippen LogP contribution in [0.3, 0.4) is 0 Å². The van der Waals surface area contributed by atoms with Gasteiger partial charge in [-0.05, 0) is 61.7 Å². The molecule has 33 heavy (non-hydrogen) atoms. The van der Waals surface area contributed by atoms with Crippen LogP contribution >= 0.6 is 11.8 Å². The molecule has 3 aromatic rings. The Balaban J connectivity index is 1.67. The second-order valence-corrected chi connectivity index (χ2v) is 8.85. The molecule has 0 saturated carbocycles. The van der Waals surface area contributed by atoms with Crippen molar-refractivity contribution in [1.82, 2.24) is 14.9 Å². The number of hydrogen-bond acceptors (Lipinski definition) is 6. The van der Waals surface area contributed by atoms with Gasteiger partial charge in [-0.15, -0.1) is 0 Å². The van der Waals surface area contributed by atoms with Crippen LogP contribution in [0.1, 0.15) is 29.4 Å². The number of carbonyl (C=O) groups excluding carboxylic acids is 2. The highest BCUT2D eigenvalue weighted by molar-refractivity contribution is 8.04. The van der Waals surface area contributed by atoms with Gasteiger partial charge in [-0.1, -0.05) is 55.5 Å². The number of carbonyl (C=O) groups is 2. The van der Waals surface area contributed by atoms with Gasteiger partial charge < -0.3 is 5.32 Å². The topological polar surface area (TPSA) is 75.2 Å².